The maximum Gasteiger partial charge on any atom is 0.322 e. The average Bonchev–Trinajstić information content (AvgIpc) is 2.85. The molecule has 1 aromatic rings. The summed E-state index contributed by atoms with van der Waals surface area (Å²) in [7, 11) is 0. The van der Waals surface area contributed by atoms with Gasteiger partial charge in [0.15, 0.2) is 0 Å². The summed E-state index contributed by atoms with van der Waals surface area (Å²) in [5, 5.41) is 7.18. The number of hydrogen-bond acceptors (Lipinski definition) is 4. The molecule has 0 unspecified atom stereocenters. The summed E-state index contributed by atoms with van der Waals surface area (Å²) in [6.07, 6.45) is 0.620. The van der Waals surface area contributed by atoms with Crippen LogP contribution in [0.2, 0.25) is 0 Å². The highest BCUT2D eigenvalue weighted by Gasteiger charge is 2.30. The highest BCUT2D eigenvalue weighted by Crippen LogP contribution is 2.15. The van der Waals surface area contributed by atoms with Crippen molar-refractivity contribution in [3.8, 4) is 0 Å². The number of ether oxygens (including phenoxy) is 1. The first-order valence-corrected chi connectivity index (χ1v) is 7.61. The number of carbonyl (C=O) groups is 3. The number of amides is 4. The minimum absolute atomic E-state index is 0.00398. The number of hydrogen-bond donors (Lipinski definition) is 3. The summed E-state index contributed by atoms with van der Waals surface area (Å²) in [6, 6.07) is 8.56. The molecule has 4 amide bonds. The van der Waals surface area contributed by atoms with E-state index in [-0.39, 0.29) is 18.4 Å². The van der Waals surface area contributed by atoms with E-state index in [1.807, 2.05) is 37.3 Å². The lowest BCUT2D eigenvalue weighted by atomic mass is 10.1. The molecule has 7 nitrogen and oxygen atoms in total. The largest absolute Gasteiger partial charge is 0.374 e. The van der Waals surface area contributed by atoms with Crippen molar-refractivity contribution in [2.75, 3.05) is 13.2 Å². The molecule has 7 heteroatoms. The molecule has 0 aromatic heterocycles. The maximum atomic E-state index is 11.7. The Bertz CT molecular complexity index is 562. The standard InChI is InChI=1S/C16H21N3O4/c1-11(12-6-3-2-4-7-12)23-9-5-8-17-14(20)10-13-15(21)19-16(22)18-13/h2-4,6-7,11,13H,5,8-10H2,1H3,(H,17,20)(H2,18,19,21,22)/t11-,13+/m0/s1. The topological polar surface area (TPSA) is 96.5 Å². The van der Waals surface area contributed by atoms with Gasteiger partial charge < -0.3 is 15.4 Å². The van der Waals surface area contributed by atoms with Crippen LogP contribution in [0.3, 0.4) is 0 Å². The van der Waals surface area contributed by atoms with E-state index in [0.717, 1.165) is 5.56 Å². The van der Waals surface area contributed by atoms with E-state index in [9.17, 15) is 14.4 Å². The van der Waals surface area contributed by atoms with Gasteiger partial charge in [-0.15, -0.1) is 0 Å². The molecule has 2 atom stereocenters. The van der Waals surface area contributed by atoms with E-state index < -0.39 is 18.0 Å². The maximum absolute atomic E-state index is 11.7. The molecule has 0 bridgehead atoms. The van der Waals surface area contributed by atoms with Crippen molar-refractivity contribution < 1.29 is 19.1 Å². The van der Waals surface area contributed by atoms with E-state index >= 15 is 0 Å². The molecule has 0 radical (unpaired) electrons. The van der Waals surface area contributed by atoms with Gasteiger partial charge in [-0.2, -0.15) is 0 Å². The van der Waals surface area contributed by atoms with Crippen LogP contribution in [0.25, 0.3) is 0 Å². The van der Waals surface area contributed by atoms with Crippen molar-refractivity contribution in [3.63, 3.8) is 0 Å². The quantitative estimate of drug-likeness (QED) is 0.489. The van der Waals surface area contributed by atoms with Gasteiger partial charge in [-0.1, -0.05) is 30.3 Å². The van der Waals surface area contributed by atoms with Crippen LogP contribution in [-0.2, 0) is 14.3 Å². The van der Waals surface area contributed by atoms with Gasteiger partial charge in [0.1, 0.15) is 6.04 Å². The second kappa shape index (κ2) is 8.28. The Labute approximate surface area is 134 Å². The first kappa shape index (κ1) is 17.0. The van der Waals surface area contributed by atoms with Gasteiger partial charge in [0, 0.05) is 13.2 Å². The molecular weight excluding hydrogens is 298 g/mol. The third-order valence-corrected chi connectivity index (χ3v) is 3.53. The van der Waals surface area contributed by atoms with E-state index in [1.54, 1.807) is 0 Å². The van der Waals surface area contributed by atoms with Crippen LogP contribution in [0.15, 0.2) is 30.3 Å². The van der Waals surface area contributed by atoms with Gasteiger partial charge in [-0.3, -0.25) is 14.9 Å². The number of rotatable bonds is 8. The molecule has 23 heavy (non-hydrogen) atoms. The zero-order valence-corrected chi connectivity index (χ0v) is 13.0. The molecule has 1 fully saturated rings. The second-order valence-electron chi connectivity index (χ2n) is 5.35. The molecule has 0 saturated carbocycles. The summed E-state index contributed by atoms with van der Waals surface area (Å²) in [5.41, 5.74) is 1.11. The molecule has 1 aliphatic heterocycles. The van der Waals surface area contributed by atoms with E-state index in [2.05, 4.69) is 16.0 Å². The van der Waals surface area contributed by atoms with Crippen molar-refractivity contribution >= 4 is 17.8 Å². The predicted molar refractivity (Wildman–Crippen MR) is 83.5 cm³/mol. The van der Waals surface area contributed by atoms with Gasteiger partial charge in [0.2, 0.25) is 5.91 Å². The zero-order chi connectivity index (χ0) is 16.7. The van der Waals surface area contributed by atoms with Crippen molar-refractivity contribution in [1.82, 2.24) is 16.0 Å². The minimum Gasteiger partial charge on any atom is -0.374 e. The number of carbonyl (C=O) groups excluding carboxylic acids is 3. The molecule has 1 heterocycles. The summed E-state index contributed by atoms with van der Waals surface area (Å²) in [4.78, 5) is 33.9. The minimum atomic E-state index is -0.781. The third kappa shape index (κ3) is 5.37. The Balaban J connectivity index is 1.57. The highest BCUT2D eigenvalue weighted by molar-refractivity contribution is 6.05. The smallest absolute Gasteiger partial charge is 0.322 e. The van der Waals surface area contributed by atoms with Gasteiger partial charge in [-0.25, -0.2) is 4.79 Å². The SMILES string of the molecule is C[C@H](OCCCNC(=O)C[C@H]1NC(=O)NC1=O)c1ccccc1. The monoisotopic (exact) mass is 319 g/mol. The number of urea groups is 1. The number of nitrogens with one attached hydrogen (secondary N) is 3. The van der Waals surface area contributed by atoms with Crippen molar-refractivity contribution in [2.24, 2.45) is 0 Å². The number of imide groups is 1. The molecule has 3 N–H and O–H groups in total. The van der Waals surface area contributed by atoms with Crippen LogP contribution in [0.5, 0.6) is 0 Å². The Morgan fingerprint density at radius 1 is 1.30 bits per heavy atom. The average molecular weight is 319 g/mol. The van der Waals surface area contributed by atoms with Crippen LogP contribution in [0, 0.1) is 0 Å². The number of benzene rings is 1. The van der Waals surface area contributed by atoms with Crippen LogP contribution >= 0.6 is 0 Å². The lowest BCUT2D eigenvalue weighted by molar-refractivity contribution is -0.126. The fourth-order valence-corrected chi connectivity index (χ4v) is 2.24. The first-order chi connectivity index (χ1) is 11.1. The molecule has 1 saturated heterocycles. The van der Waals surface area contributed by atoms with Crippen LogP contribution in [0.4, 0.5) is 4.79 Å². The fraction of sp³-hybridized carbons (Fsp3) is 0.438. The molecule has 124 valence electrons. The Hall–Kier alpha value is -2.41. The lowest BCUT2D eigenvalue weighted by Gasteiger charge is -2.13. The van der Waals surface area contributed by atoms with Crippen molar-refractivity contribution in [2.45, 2.75) is 31.9 Å². The van der Waals surface area contributed by atoms with Crippen LogP contribution < -0.4 is 16.0 Å². The van der Waals surface area contributed by atoms with E-state index in [1.165, 1.54) is 0 Å². The van der Waals surface area contributed by atoms with Crippen LogP contribution in [-0.4, -0.2) is 37.0 Å². The molecule has 2 rings (SSSR count). The fourth-order valence-electron chi connectivity index (χ4n) is 2.24. The molecule has 0 spiro atoms. The molecule has 1 aromatic carbocycles. The summed E-state index contributed by atoms with van der Waals surface area (Å²) < 4.78 is 5.70. The summed E-state index contributed by atoms with van der Waals surface area (Å²) >= 11 is 0. The van der Waals surface area contributed by atoms with Gasteiger partial charge in [-0.05, 0) is 18.9 Å². The van der Waals surface area contributed by atoms with Gasteiger partial charge in [0.05, 0.1) is 12.5 Å². The summed E-state index contributed by atoms with van der Waals surface area (Å²) in [5.74, 6) is -0.742. The Morgan fingerprint density at radius 3 is 2.70 bits per heavy atom. The Morgan fingerprint density at radius 2 is 2.04 bits per heavy atom. The molecule has 0 aliphatic carbocycles. The lowest BCUT2D eigenvalue weighted by Crippen LogP contribution is -2.36. The molecular formula is C16H21N3O4. The summed E-state index contributed by atoms with van der Waals surface area (Å²) in [6.45, 7) is 2.97. The third-order valence-electron chi connectivity index (χ3n) is 3.53. The zero-order valence-electron chi connectivity index (χ0n) is 13.0. The normalized spacial score (nSPS) is 18.2. The Kier molecular flexibility index (Phi) is 6.10. The van der Waals surface area contributed by atoms with E-state index in [0.29, 0.717) is 19.6 Å². The van der Waals surface area contributed by atoms with Gasteiger partial charge in [0.25, 0.3) is 5.91 Å². The van der Waals surface area contributed by atoms with Gasteiger partial charge >= 0.3 is 6.03 Å². The molecule has 1 aliphatic rings. The van der Waals surface area contributed by atoms with Crippen molar-refractivity contribution in [3.05, 3.63) is 35.9 Å². The predicted octanol–water partition coefficient (Wildman–Crippen LogP) is 0.869. The highest BCUT2D eigenvalue weighted by atomic mass is 16.5. The van der Waals surface area contributed by atoms with Crippen LogP contribution in [0.1, 0.15) is 31.4 Å². The first-order valence-electron chi connectivity index (χ1n) is 7.61. The van der Waals surface area contributed by atoms with Crippen molar-refractivity contribution in [1.29, 1.82) is 0 Å². The van der Waals surface area contributed by atoms with E-state index in [4.69, 9.17) is 4.74 Å². The second-order valence-corrected chi connectivity index (χ2v) is 5.35.